The zero-order valence-corrected chi connectivity index (χ0v) is 16.7. The summed E-state index contributed by atoms with van der Waals surface area (Å²) in [6.45, 7) is 2.66. The normalized spacial score (nSPS) is 10.6. The van der Waals surface area contributed by atoms with Crippen LogP contribution < -0.4 is 14.8 Å². The molecule has 28 heavy (non-hydrogen) atoms. The first-order chi connectivity index (χ1) is 13.5. The molecule has 0 aliphatic carbocycles. The summed E-state index contributed by atoms with van der Waals surface area (Å²) in [6.07, 6.45) is 3.06. The van der Waals surface area contributed by atoms with Crippen LogP contribution in [0.3, 0.4) is 0 Å². The maximum Gasteiger partial charge on any atom is 0.337 e. The van der Waals surface area contributed by atoms with Crippen LogP contribution in [0.15, 0.2) is 42.5 Å². The van der Waals surface area contributed by atoms with Gasteiger partial charge in [-0.15, -0.1) is 0 Å². The molecule has 1 N–H and O–H groups in total. The van der Waals surface area contributed by atoms with Crippen molar-refractivity contribution in [3.63, 3.8) is 0 Å². The lowest BCUT2D eigenvalue weighted by molar-refractivity contribution is -0.116. The lowest BCUT2D eigenvalue weighted by atomic mass is 10.1. The first kappa shape index (κ1) is 21.3. The largest absolute Gasteiger partial charge is 0.491 e. The minimum atomic E-state index is -0.400. The summed E-state index contributed by atoms with van der Waals surface area (Å²) < 4.78 is 15.4. The molecule has 0 atom stereocenters. The Bertz CT molecular complexity index is 862. The van der Waals surface area contributed by atoms with Crippen LogP contribution in [-0.4, -0.2) is 32.7 Å². The van der Waals surface area contributed by atoms with Gasteiger partial charge in [0.1, 0.15) is 0 Å². The summed E-state index contributed by atoms with van der Waals surface area (Å²) in [5.74, 6) is 0.314. The second-order valence-corrected chi connectivity index (χ2v) is 6.11. The Labute approximate surface area is 169 Å². The SMILES string of the molecule is CCOc1cc(/C=C/C(=O)NCc2ccc(C(=O)OC)cc2)cc(Cl)c1OC. The molecule has 0 unspecified atom stereocenters. The maximum absolute atomic E-state index is 12.1. The summed E-state index contributed by atoms with van der Waals surface area (Å²) in [5.41, 5.74) is 2.03. The van der Waals surface area contributed by atoms with Crippen LogP contribution in [0.5, 0.6) is 11.5 Å². The second kappa shape index (κ2) is 10.4. The molecule has 0 aliphatic heterocycles. The fraction of sp³-hybridized carbons (Fsp3) is 0.238. The number of ether oxygens (including phenoxy) is 3. The number of esters is 1. The number of carbonyl (C=O) groups is 2. The van der Waals surface area contributed by atoms with Gasteiger partial charge in [0, 0.05) is 12.6 Å². The Morgan fingerprint density at radius 3 is 2.46 bits per heavy atom. The molecule has 0 saturated heterocycles. The molecule has 2 aromatic rings. The van der Waals surface area contributed by atoms with Gasteiger partial charge in [-0.3, -0.25) is 4.79 Å². The van der Waals surface area contributed by atoms with Gasteiger partial charge in [0.05, 0.1) is 31.4 Å². The summed E-state index contributed by atoms with van der Waals surface area (Å²) in [4.78, 5) is 23.5. The average molecular weight is 404 g/mol. The van der Waals surface area contributed by atoms with E-state index in [1.807, 2.05) is 6.92 Å². The van der Waals surface area contributed by atoms with E-state index in [-0.39, 0.29) is 5.91 Å². The van der Waals surface area contributed by atoms with Crippen molar-refractivity contribution in [2.45, 2.75) is 13.5 Å². The molecule has 0 aromatic heterocycles. The second-order valence-electron chi connectivity index (χ2n) is 5.71. The summed E-state index contributed by atoms with van der Waals surface area (Å²) in [5, 5.41) is 3.18. The number of halogens is 1. The van der Waals surface area contributed by atoms with E-state index in [4.69, 9.17) is 21.1 Å². The molecule has 148 valence electrons. The van der Waals surface area contributed by atoms with Crippen LogP contribution in [0.2, 0.25) is 5.02 Å². The topological polar surface area (TPSA) is 73.9 Å². The Balaban J connectivity index is 1.99. The number of hydrogen-bond acceptors (Lipinski definition) is 5. The number of nitrogens with one attached hydrogen (secondary N) is 1. The number of rotatable bonds is 8. The minimum absolute atomic E-state index is 0.262. The number of methoxy groups -OCH3 is 2. The Morgan fingerprint density at radius 1 is 1.14 bits per heavy atom. The van der Waals surface area contributed by atoms with Crippen molar-refractivity contribution in [1.82, 2.24) is 5.32 Å². The van der Waals surface area contributed by atoms with Gasteiger partial charge in [-0.2, -0.15) is 0 Å². The van der Waals surface area contributed by atoms with Crippen LogP contribution in [0.4, 0.5) is 0 Å². The lowest BCUT2D eigenvalue weighted by Gasteiger charge is -2.11. The predicted molar refractivity (Wildman–Crippen MR) is 108 cm³/mol. The molecule has 6 nitrogen and oxygen atoms in total. The first-order valence-electron chi connectivity index (χ1n) is 8.62. The van der Waals surface area contributed by atoms with Crippen molar-refractivity contribution in [3.05, 3.63) is 64.2 Å². The van der Waals surface area contributed by atoms with Gasteiger partial charge in [-0.1, -0.05) is 23.7 Å². The van der Waals surface area contributed by atoms with Crippen molar-refractivity contribution in [3.8, 4) is 11.5 Å². The van der Waals surface area contributed by atoms with Crippen LogP contribution >= 0.6 is 11.6 Å². The summed E-state index contributed by atoms with van der Waals surface area (Å²) >= 11 is 6.20. The molecule has 2 rings (SSSR count). The third-order valence-electron chi connectivity index (χ3n) is 3.80. The maximum atomic E-state index is 12.1. The fourth-order valence-electron chi connectivity index (χ4n) is 2.44. The quantitative estimate of drug-likeness (QED) is 0.535. The van der Waals surface area contributed by atoms with Gasteiger partial charge in [0.2, 0.25) is 5.91 Å². The monoisotopic (exact) mass is 403 g/mol. The smallest absolute Gasteiger partial charge is 0.337 e. The molecule has 0 heterocycles. The van der Waals surface area contributed by atoms with Crippen LogP contribution in [0.25, 0.3) is 6.08 Å². The molecule has 0 spiro atoms. The van der Waals surface area contributed by atoms with Crippen LogP contribution in [0.1, 0.15) is 28.4 Å². The highest BCUT2D eigenvalue weighted by atomic mass is 35.5. The Morgan fingerprint density at radius 2 is 1.86 bits per heavy atom. The molecule has 0 fully saturated rings. The number of carbonyl (C=O) groups excluding carboxylic acids is 2. The average Bonchev–Trinajstić information content (AvgIpc) is 2.70. The van der Waals surface area contributed by atoms with Crippen LogP contribution in [0, 0.1) is 0 Å². The van der Waals surface area contributed by atoms with Crippen molar-refractivity contribution < 1.29 is 23.8 Å². The van der Waals surface area contributed by atoms with Gasteiger partial charge in [-0.05, 0) is 48.4 Å². The molecule has 0 bridgehead atoms. The van der Waals surface area contributed by atoms with Crippen LogP contribution in [-0.2, 0) is 16.1 Å². The van der Waals surface area contributed by atoms with E-state index in [2.05, 4.69) is 10.1 Å². The number of amides is 1. The van der Waals surface area contributed by atoms with Gasteiger partial charge in [0.25, 0.3) is 0 Å². The molecular weight excluding hydrogens is 382 g/mol. The Kier molecular flexibility index (Phi) is 7.89. The standard InChI is InChI=1S/C21H22ClNO5/c1-4-28-18-12-15(11-17(22)20(18)26-2)7-10-19(24)23-13-14-5-8-16(9-6-14)21(25)27-3/h5-12H,4,13H2,1-3H3,(H,23,24)/b10-7+. The van der Waals surface area contributed by atoms with Crippen molar-refractivity contribution in [2.75, 3.05) is 20.8 Å². The van der Waals surface area contributed by atoms with E-state index >= 15 is 0 Å². The van der Waals surface area contributed by atoms with Gasteiger partial charge < -0.3 is 19.5 Å². The molecule has 7 heteroatoms. The fourth-order valence-corrected chi connectivity index (χ4v) is 2.74. The molecule has 1 amide bonds. The van der Waals surface area contributed by atoms with Gasteiger partial charge >= 0.3 is 5.97 Å². The van der Waals surface area contributed by atoms with E-state index in [1.165, 1.54) is 20.3 Å². The summed E-state index contributed by atoms with van der Waals surface area (Å²) in [7, 11) is 2.85. The third-order valence-corrected chi connectivity index (χ3v) is 4.09. The minimum Gasteiger partial charge on any atom is -0.491 e. The van der Waals surface area contributed by atoms with Crippen molar-refractivity contribution >= 4 is 29.6 Å². The molecule has 0 saturated carbocycles. The van der Waals surface area contributed by atoms with Crippen molar-refractivity contribution in [1.29, 1.82) is 0 Å². The molecule has 0 aliphatic rings. The summed E-state index contributed by atoms with van der Waals surface area (Å²) in [6, 6.07) is 10.3. The third kappa shape index (κ3) is 5.76. The molecule has 2 aromatic carbocycles. The highest BCUT2D eigenvalue weighted by Crippen LogP contribution is 2.36. The van der Waals surface area contributed by atoms with Crippen molar-refractivity contribution in [2.24, 2.45) is 0 Å². The van der Waals surface area contributed by atoms with E-state index in [0.717, 1.165) is 5.56 Å². The lowest BCUT2D eigenvalue weighted by Crippen LogP contribution is -2.20. The predicted octanol–water partition coefficient (Wildman–Crippen LogP) is 3.86. The van der Waals surface area contributed by atoms with E-state index in [9.17, 15) is 9.59 Å². The zero-order valence-electron chi connectivity index (χ0n) is 16.0. The van der Waals surface area contributed by atoms with E-state index < -0.39 is 5.97 Å². The van der Waals surface area contributed by atoms with Gasteiger partial charge in [-0.25, -0.2) is 4.79 Å². The van der Waals surface area contributed by atoms with Gasteiger partial charge in [0.15, 0.2) is 11.5 Å². The molecular formula is C21H22ClNO5. The number of hydrogen-bond donors (Lipinski definition) is 1. The highest BCUT2D eigenvalue weighted by molar-refractivity contribution is 6.32. The molecule has 0 radical (unpaired) electrons. The highest BCUT2D eigenvalue weighted by Gasteiger charge is 2.10. The number of benzene rings is 2. The zero-order chi connectivity index (χ0) is 20.5. The Hall–Kier alpha value is -2.99. The van der Waals surface area contributed by atoms with E-state index in [0.29, 0.717) is 40.8 Å². The van der Waals surface area contributed by atoms with E-state index in [1.54, 1.807) is 42.5 Å². The first-order valence-corrected chi connectivity index (χ1v) is 8.99.